The summed E-state index contributed by atoms with van der Waals surface area (Å²) in [5.74, 6) is 0.826. The van der Waals surface area contributed by atoms with Crippen molar-refractivity contribution in [2.45, 2.75) is 13.0 Å². The van der Waals surface area contributed by atoms with Gasteiger partial charge in [0.2, 0.25) is 0 Å². The van der Waals surface area contributed by atoms with Crippen LogP contribution in [0.1, 0.15) is 6.42 Å². The first-order valence-electron chi connectivity index (χ1n) is 8.09. The molecule has 0 fully saturated rings. The van der Waals surface area contributed by atoms with E-state index in [0.29, 0.717) is 5.02 Å². The minimum atomic E-state index is 0.707. The van der Waals surface area contributed by atoms with Crippen LogP contribution in [0.4, 0.5) is 5.82 Å². The summed E-state index contributed by atoms with van der Waals surface area (Å²) in [7, 11) is 0. The molecule has 0 spiro atoms. The Kier molecular flexibility index (Phi) is 4.35. The number of rotatable bonds is 6. The third-order valence-electron chi connectivity index (χ3n) is 4.05. The van der Waals surface area contributed by atoms with Crippen molar-refractivity contribution >= 4 is 28.5 Å². The zero-order valence-electron chi connectivity index (χ0n) is 13.5. The molecule has 4 aromatic rings. The summed E-state index contributed by atoms with van der Waals surface area (Å²) >= 11 is 6.14. The lowest BCUT2D eigenvalue weighted by molar-refractivity contribution is 0.660. The first kappa shape index (κ1) is 15.7. The number of aryl methyl sites for hydroxylation is 1. The molecule has 0 aliphatic heterocycles. The van der Waals surface area contributed by atoms with E-state index in [9.17, 15) is 0 Å². The molecule has 0 aliphatic carbocycles. The van der Waals surface area contributed by atoms with Gasteiger partial charge in [-0.25, -0.2) is 15.0 Å². The van der Waals surface area contributed by atoms with Crippen LogP contribution < -0.4 is 5.32 Å². The fraction of sp³-hybridized carbons (Fsp3) is 0.167. The Morgan fingerprint density at radius 1 is 1.24 bits per heavy atom. The van der Waals surface area contributed by atoms with Crippen molar-refractivity contribution in [3.63, 3.8) is 0 Å². The molecule has 0 saturated heterocycles. The second-order valence-corrected chi connectivity index (χ2v) is 6.18. The number of halogens is 1. The van der Waals surface area contributed by atoms with Crippen LogP contribution in [-0.2, 0) is 6.54 Å². The summed E-state index contributed by atoms with van der Waals surface area (Å²) in [4.78, 5) is 16.0. The van der Waals surface area contributed by atoms with Crippen molar-refractivity contribution in [2.24, 2.45) is 0 Å². The molecule has 4 rings (SSSR count). The number of hydrogen-bond acceptors (Lipinski definition) is 4. The van der Waals surface area contributed by atoms with Gasteiger partial charge in [-0.15, -0.1) is 0 Å². The van der Waals surface area contributed by atoms with Gasteiger partial charge >= 0.3 is 0 Å². The Morgan fingerprint density at radius 2 is 2.20 bits per heavy atom. The molecule has 0 saturated carbocycles. The molecule has 3 heterocycles. The van der Waals surface area contributed by atoms with E-state index in [1.807, 2.05) is 43.0 Å². The molecule has 0 unspecified atom stereocenters. The molecular weight excluding hydrogens is 336 g/mol. The van der Waals surface area contributed by atoms with Crippen LogP contribution >= 0.6 is 11.6 Å². The summed E-state index contributed by atoms with van der Waals surface area (Å²) in [5.41, 5.74) is 2.88. The van der Waals surface area contributed by atoms with E-state index < -0.39 is 0 Å². The molecule has 0 aliphatic rings. The van der Waals surface area contributed by atoms with Gasteiger partial charge in [-0.1, -0.05) is 23.7 Å². The number of anilines is 1. The number of imidazole rings is 1. The molecule has 2 N–H and O–H groups in total. The smallest absolute Gasteiger partial charge is 0.143 e. The maximum atomic E-state index is 6.14. The van der Waals surface area contributed by atoms with Crippen LogP contribution in [0.3, 0.4) is 0 Å². The van der Waals surface area contributed by atoms with Crippen LogP contribution in [0.5, 0.6) is 0 Å². The number of benzene rings is 1. The minimum Gasteiger partial charge on any atom is -0.369 e. The van der Waals surface area contributed by atoms with E-state index >= 15 is 0 Å². The van der Waals surface area contributed by atoms with E-state index in [2.05, 4.69) is 29.8 Å². The van der Waals surface area contributed by atoms with Gasteiger partial charge in [0.05, 0.1) is 11.7 Å². The standard InChI is InChI=1S/C18H17ClN6/c19-14-4-1-3-13(9-14)15-10-22-18-16(15)17(23-11-24-18)21-5-2-7-25-8-6-20-12-25/h1,3-4,6,8-12H,2,5,7H2,(H2,21,22,23,24). The minimum absolute atomic E-state index is 0.707. The van der Waals surface area contributed by atoms with E-state index in [1.54, 1.807) is 12.5 Å². The first-order valence-corrected chi connectivity index (χ1v) is 8.47. The molecule has 25 heavy (non-hydrogen) atoms. The van der Waals surface area contributed by atoms with E-state index in [0.717, 1.165) is 47.5 Å². The second kappa shape index (κ2) is 6.94. The van der Waals surface area contributed by atoms with Gasteiger partial charge in [0.15, 0.2) is 0 Å². The third kappa shape index (κ3) is 3.34. The average molecular weight is 353 g/mol. The van der Waals surface area contributed by atoms with E-state index in [1.165, 1.54) is 0 Å². The lowest BCUT2D eigenvalue weighted by Crippen LogP contribution is -2.07. The van der Waals surface area contributed by atoms with Crippen LogP contribution in [0.25, 0.3) is 22.2 Å². The van der Waals surface area contributed by atoms with Crippen molar-refractivity contribution in [1.82, 2.24) is 24.5 Å². The number of hydrogen-bond donors (Lipinski definition) is 2. The molecule has 0 amide bonds. The molecule has 0 bridgehead atoms. The normalized spacial score (nSPS) is 11.1. The summed E-state index contributed by atoms with van der Waals surface area (Å²) in [6, 6.07) is 7.79. The highest BCUT2D eigenvalue weighted by atomic mass is 35.5. The van der Waals surface area contributed by atoms with Gasteiger partial charge in [0, 0.05) is 42.3 Å². The highest BCUT2D eigenvalue weighted by molar-refractivity contribution is 6.31. The Balaban J connectivity index is 1.57. The molecule has 1 aromatic carbocycles. The van der Waals surface area contributed by atoms with Crippen molar-refractivity contribution in [1.29, 1.82) is 0 Å². The SMILES string of the molecule is Clc1cccc(-c2c[nH]c3ncnc(NCCCn4ccnc4)c23)c1. The predicted molar refractivity (Wildman–Crippen MR) is 99.7 cm³/mol. The van der Waals surface area contributed by atoms with Gasteiger partial charge in [0.1, 0.15) is 17.8 Å². The maximum absolute atomic E-state index is 6.14. The van der Waals surface area contributed by atoms with Crippen molar-refractivity contribution in [3.8, 4) is 11.1 Å². The highest BCUT2D eigenvalue weighted by Crippen LogP contribution is 2.32. The van der Waals surface area contributed by atoms with Crippen LogP contribution in [-0.4, -0.2) is 31.0 Å². The number of aromatic nitrogens is 5. The van der Waals surface area contributed by atoms with Crippen molar-refractivity contribution in [3.05, 3.63) is 60.5 Å². The van der Waals surface area contributed by atoms with Crippen molar-refractivity contribution < 1.29 is 0 Å². The topological polar surface area (TPSA) is 71.4 Å². The largest absolute Gasteiger partial charge is 0.369 e. The van der Waals surface area contributed by atoms with Crippen LogP contribution in [0.2, 0.25) is 5.02 Å². The monoisotopic (exact) mass is 352 g/mol. The number of nitrogens with one attached hydrogen (secondary N) is 2. The van der Waals surface area contributed by atoms with E-state index in [-0.39, 0.29) is 0 Å². The molecule has 6 nitrogen and oxygen atoms in total. The number of H-pyrrole nitrogens is 1. The zero-order chi connectivity index (χ0) is 17.1. The van der Waals surface area contributed by atoms with Gasteiger partial charge in [-0.3, -0.25) is 0 Å². The Labute approximate surface area is 149 Å². The molecule has 0 atom stereocenters. The predicted octanol–water partition coefficient (Wildman–Crippen LogP) is 3.98. The fourth-order valence-electron chi connectivity index (χ4n) is 2.87. The van der Waals surface area contributed by atoms with E-state index in [4.69, 9.17) is 11.6 Å². The van der Waals surface area contributed by atoms with Crippen LogP contribution in [0.15, 0.2) is 55.5 Å². The maximum Gasteiger partial charge on any atom is 0.143 e. The quantitative estimate of drug-likeness (QED) is 0.515. The molecule has 3 aromatic heterocycles. The van der Waals surface area contributed by atoms with Gasteiger partial charge < -0.3 is 14.9 Å². The summed E-state index contributed by atoms with van der Waals surface area (Å²) in [6.45, 7) is 1.72. The molecule has 7 heteroatoms. The van der Waals surface area contributed by atoms with Crippen molar-refractivity contribution in [2.75, 3.05) is 11.9 Å². The lowest BCUT2D eigenvalue weighted by Gasteiger charge is -2.09. The van der Waals surface area contributed by atoms with Gasteiger partial charge in [-0.05, 0) is 24.1 Å². The average Bonchev–Trinajstić information content (AvgIpc) is 3.28. The zero-order valence-corrected chi connectivity index (χ0v) is 14.2. The third-order valence-corrected chi connectivity index (χ3v) is 4.29. The first-order chi connectivity index (χ1) is 12.3. The Bertz CT molecular complexity index is 976. The number of aromatic amines is 1. The van der Waals surface area contributed by atoms with Gasteiger partial charge in [-0.2, -0.15) is 0 Å². The lowest BCUT2D eigenvalue weighted by atomic mass is 10.1. The summed E-state index contributed by atoms with van der Waals surface area (Å²) < 4.78 is 2.06. The number of fused-ring (bicyclic) bond motifs is 1. The molecule has 126 valence electrons. The van der Waals surface area contributed by atoms with Gasteiger partial charge in [0.25, 0.3) is 0 Å². The summed E-state index contributed by atoms with van der Waals surface area (Å²) in [6.07, 6.45) is 10.1. The number of nitrogens with zero attached hydrogens (tertiary/aromatic N) is 4. The molecule has 0 radical (unpaired) electrons. The second-order valence-electron chi connectivity index (χ2n) is 5.74. The Hall–Kier alpha value is -2.86. The Morgan fingerprint density at radius 3 is 3.04 bits per heavy atom. The molecular formula is C18H17ClN6. The highest BCUT2D eigenvalue weighted by Gasteiger charge is 2.12. The van der Waals surface area contributed by atoms with Crippen LogP contribution in [0, 0.1) is 0 Å². The summed E-state index contributed by atoms with van der Waals surface area (Å²) in [5, 5.41) is 5.11. The fourth-order valence-corrected chi connectivity index (χ4v) is 3.06.